The van der Waals surface area contributed by atoms with Gasteiger partial charge in [0.2, 0.25) is 0 Å². The number of allylic oxidation sites excluding steroid dienone is 1. The molecule has 3 rings (SSSR count). The maximum absolute atomic E-state index is 12.5. The highest BCUT2D eigenvalue weighted by molar-refractivity contribution is 5.95. The van der Waals surface area contributed by atoms with E-state index in [0.29, 0.717) is 22.8 Å². The lowest BCUT2D eigenvalue weighted by Crippen LogP contribution is -2.45. The molecule has 0 aromatic heterocycles. The van der Waals surface area contributed by atoms with Gasteiger partial charge in [-0.2, -0.15) is 5.10 Å². The third kappa shape index (κ3) is 7.00. The smallest absolute Gasteiger partial charge is 0.338 e. The van der Waals surface area contributed by atoms with Gasteiger partial charge in [0.05, 0.1) is 31.5 Å². The van der Waals surface area contributed by atoms with Crippen LogP contribution >= 0.6 is 0 Å². The van der Waals surface area contributed by atoms with Gasteiger partial charge in [0, 0.05) is 25.5 Å². The molecule has 2 aromatic carbocycles. The van der Waals surface area contributed by atoms with E-state index in [4.69, 9.17) is 14.2 Å². The Morgan fingerprint density at radius 1 is 1.14 bits per heavy atom. The fraction of sp³-hybridized carbons (Fsp3) is 0.308. The normalized spacial score (nSPS) is 15.1. The van der Waals surface area contributed by atoms with Crippen LogP contribution < -0.4 is 30.4 Å². The summed E-state index contributed by atoms with van der Waals surface area (Å²) in [5.74, 6) is -0.365. The Morgan fingerprint density at radius 2 is 1.86 bits per heavy atom. The van der Waals surface area contributed by atoms with E-state index in [-0.39, 0.29) is 18.8 Å². The molecule has 0 saturated carbocycles. The van der Waals surface area contributed by atoms with Crippen molar-refractivity contribution in [1.29, 1.82) is 0 Å². The van der Waals surface area contributed by atoms with Gasteiger partial charge < -0.3 is 29.7 Å². The molecule has 11 nitrogen and oxygen atoms in total. The monoisotopic (exact) mass is 509 g/mol. The number of rotatable bonds is 10. The van der Waals surface area contributed by atoms with Crippen molar-refractivity contribution in [3.8, 4) is 11.5 Å². The fourth-order valence-electron chi connectivity index (χ4n) is 3.62. The second kappa shape index (κ2) is 12.4. The van der Waals surface area contributed by atoms with Crippen LogP contribution in [0.1, 0.15) is 31.0 Å². The molecule has 1 aliphatic rings. The molecule has 0 spiro atoms. The van der Waals surface area contributed by atoms with Gasteiger partial charge >= 0.3 is 12.0 Å². The van der Waals surface area contributed by atoms with Crippen molar-refractivity contribution in [3.05, 3.63) is 64.9 Å². The van der Waals surface area contributed by atoms with E-state index in [1.54, 1.807) is 32.0 Å². The Hall–Kier alpha value is -4.54. The first-order chi connectivity index (χ1) is 17.7. The molecular weight excluding hydrogens is 478 g/mol. The zero-order valence-electron chi connectivity index (χ0n) is 21.5. The molecule has 196 valence electrons. The molecule has 0 aliphatic carbocycles. The second-order valence-corrected chi connectivity index (χ2v) is 8.27. The van der Waals surface area contributed by atoms with Crippen molar-refractivity contribution in [2.45, 2.75) is 19.9 Å². The summed E-state index contributed by atoms with van der Waals surface area (Å²) in [5.41, 5.74) is 5.57. The summed E-state index contributed by atoms with van der Waals surface area (Å²) >= 11 is 0. The molecule has 1 atom stereocenters. The number of benzene rings is 2. The molecule has 0 saturated heterocycles. The van der Waals surface area contributed by atoms with Crippen molar-refractivity contribution in [2.24, 2.45) is 5.10 Å². The van der Waals surface area contributed by atoms with Gasteiger partial charge in [0.15, 0.2) is 18.1 Å². The van der Waals surface area contributed by atoms with Crippen LogP contribution in [0.4, 0.5) is 10.5 Å². The van der Waals surface area contributed by atoms with Crippen LogP contribution in [-0.4, -0.2) is 58.5 Å². The van der Waals surface area contributed by atoms with Crippen LogP contribution in [0.3, 0.4) is 0 Å². The van der Waals surface area contributed by atoms with Gasteiger partial charge in [-0.25, -0.2) is 15.0 Å². The Labute approximate surface area is 215 Å². The Balaban J connectivity index is 1.66. The number of hydrogen-bond acceptors (Lipinski definition) is 8. The lowest BCUT2D eigenvalue weighted by molar-refractivity contribution is -0.139. The summed E-state index contributed by atoms with van der Waals surface area (Å²) in [6.07, 6.45) is 1.54. The number of nitrogens with zero attached hydrogens (tertiary/aromatic N) is 2. The Morgan fingerprint density at radius 3 is 2.51 bits per heavy atom. The molecule has 2 aromatic rings. The number of amides is 3. The second-order valence-electron chi connectivity index (χ2n) is 8.27. The standard InChI is InChI=1S/C26H31N5O6/c1-6-36-25(33)23-16(2)28-26(34)29-24(23)18-9-12-20(21(13-18)35-5)37-15-22(32)30-27-14-17-7-10-19(11-8-17)31(3)4/h7-14,24H,6,15H2,1-5H3,(H,30,32)(H2,28,29,34)/b27-14-/t24-/m1/s1. The minimum atomic E-state index is -0.750. The third-order valence-electron chi connectivity index (χ3n) is 5.46. The van der Waals surface area contributed by atoms with E-state index in [1.807, 2.05) is 43.3 Å². The molecule has 0 bridgehead atoms. The number of nitrogens with one attached hydrogen (secondary N) is 3. The highest BCUT2D eigenvalue weighted by atomic mass is 16.5. The van der Waals surface area contributed by atoms with Gasteiger partial charge in [-0.15, -0.1) is 0 Å². The van der Waals surface area contributed by atoms with Gasteiger partial charge in [0.1, 0.15) is 0 Å². The summed E-state index contributed by atoms with van der Waals surface area (Å²) < 4.78 is 16.2. The predicted molar refractivity (Wildman–Crippen MR) is 139 cm³/mol. The lowest BCUT2D eigenvalue weighted by atomic mass is 9.95. The van der Waals surface area contributed by atoms with E-state index < -0.39 is 23.9 Å². The maximum Gasteiger partial charge on any atom is 0.338 e. The summed E-state index contributed by atoms with van der Waals surface area (Å²) in [5, 5.41) is 9.28. The highest BCUT2D eigenvalue weighted by Gasteiger charge is 2.32. The predicted octanol–water partition coefficient (Wildman–Crippen LogP) is 2.48. The van der Waals surface area contributed by atoms with E-state index in [2.05, 4.69) is 21.2 Å². The Bertz CT molecular complexity index is 1210. The first kappa shape index (κ1) is 27.1. The first-order valence-corrected chi connectivity index (χ1v) is 11.6. The molecule has 0 unspecified atom stereocenters. The average molecular weight is 510 g/mol. The lowest BCUT2D eigenvalue weighted by Gasteiger charge is -2.28. The largest absolute Gasteiger partial charge is 0.493 e. The molecule has 0 radical (unpaired) electrons. The summed E-state index contributed by atoms with van der Waals surface area (Å²) in [6, 6.07) is 11.4. The topological polar surface area (TPSA) is 131 Å². The molecule has 37 heavy (non-hydrogen) atoms. The number of carbonyl (C=O) groups excluding carboxylic acids is 3. The number of anilines is 1. The molecule has 11 heteroatoms. The zero-order chi connectivity index (χ0) is 26.9. The molecular formula is C26H31N5O6. The van der Waals surface area contributed by atoms with Crippen molar-refractivity contribution < 1.29 is 28.6 Å². The summed E-state index contributed by atoms with van der Waals surface area (Å²) in [4.78, 5) is 38.8. The van der Waals surface area contributed by atoms with Gasteiger partial charge in [0.25, 0.3) is 5.91 Å². The van der Waals surface area contributed by atoms with E-state index in [9.17, 15) is 14.4 Å². The number of carbonyl (C=O) groups is 3. The van der Waals surface area contributed by atoms with Crippen LogP contribution in [0.25, 0.3) is 0 Å². The maximum atomic E-state index is 12.5. The number of urea groups is 1. The molecule has 1 heterocycles. The van der Waals surface area contributed by atoms with E-state index in [1.165, 1.54) is 13.3 Å². The first-order valence-electron chi connectivity index (χ1n) is 11.6. The molecule has 1 aliphatic heterocycles. The number of methoxy groups -OCH3 is 1. The quantitative estimate of drug-likeness (QED) is 0.255. The van der Waals surface area contributed by atoms with Crippen LogP contribution in [0, 0.1) is 0 Å². The fourth-order valence-corrected chi connectivity index (χ4v) is 3.62. The third-order valence-corrected chi connectivity index (χ3v) is 5.46. The van der Waals surface area contributed by atoms with Crippen LogP contribution in [0.5, 0.6) is 11.5 Å². The summed E-state index contributed by atoms with van der Waals surface area (Å²) in [7, 11) is 5.36. The van der Waals surface area contributed by atoms with E-state index in [0.717, 1.165) is 11.3 Å². The molecule has 3 amide bonds. The van der Waals surface area contributed by atoms with Gasteiger partial charge in [-0.1, -0.05) is 18.2 Å². The van der Waals surface area contributed by atoms with Gasteiger partial charge in [-0.3, -0.25) is 4.79 Å². The van der Waals surface area contributed by atoms with Gasteiger partial charge in [-0.05, 0) is 49.2 Å². The van der Waals surface area contributed by atoms with Crippen LogP contribution in [0.15, 0.2) is 58.8 Å². The zero-order valence-corrected chi connectivity index (χ0v) is 21.5. The minimum Gasteiger partial charge on any atom is -0.493 e. The molecule has 3 N–H and O–H groups in total. The number of hydrogen-bond donors (Lipinski definition) is 3. The van der Waals surface area contributed by atoms with Crippen molar-refractivity contribution in [1.82, 2.24) is 16.1 Å². The molecule has 0 fully saturated rings. The SMILES string of the molecule is CCOC(=O)C1=C(C)NC(=O)N[C@@H]1c1ccc(OCC(=O)N/N=C\c2ccc(N(C)C)cc2)c(OC)c1. The Kier molecular flexibility index (Phi) is 9.09. The number of hydrazone groups is 1. The number of ether oxygens (including phenoxy) is 3. The van der Waals surface area contributed by atoms with Crippen molar-refractivity contribution >= 4 is 29.8 Å². The highest BCUT2D eigenvalue weighted by Crippen LogP contribution is 2.34. The minimum absolute atomic E-state index is 0.196. The van der Waals surface area contributed by atoms with Crippen LogP contribution in [-0.2, 0) is 14.3 Å². The van der Waals surface area contributed by atoms with Crippen molar-refractivity contribution in [3.63, 3.8) is 0 Å². The number of esters is 1. The average Bonchev–Trinajstić information content (AvgIpc) is 2.87. The van der Waals surface area contributed by atoms with Crippen molar-refractivity contribution in [2.75, 3.05) is 39.3 Å². The summed E-state index contributed by atoms with van der Waals surface area (Å²) in [6.45, 7) is 3.23. The van der Waals surface area contributed by atoms with E-state index >= 15 is 0 Å². The van der Waals surface area contributed by atoms with Crippen LogP contribution in [0.2, 0.25) is 0 Å².